The number of nitrogens with zero attached hydrogens (tertiary/aromatic N) is 1. The molecule has 2 N–H and O–H groups in total. The summed E-state index contributed by atoms with van der Waals surface area (Å²) in [6, 6.07) is 0. The summed E-state index contributed by atoms with van der Waals surface area (Å²) in [4.78, 5) is 23.2. The minimum absolute atomic E-state index is 0.285. The molecule has 0 aromatic heterocycles. The van der Waals surface area contributed by atoms with E-state index in [1.54, 1.807) is 7.05 Å². The second-order valence-corrected chi connectivity index (χ2v) is 3.64. The first-order chi connectivity index (χ1) is 5.96. The molecule has 1 heterocycles. The van der Waals surface area contributed by atoms with Gasteiger partial charge in [0.05, 0.1) is 11.8 Å². The van der Waals surface area contributed by atoms with Gasteiger partial charge in [-0.3, -0.25) is 9.59 Å². The van der Waals surface area contributed by atoms with E-state index in [1.807, 2.05) is 4.90 Å². The molecule has 74 valence electrons. The molecule has 13 heavy (non-hydrogen) atoms. The molecule has 0 aromatic rings. The maximum Gasteiger partial charge on any atom is 0.311 e. The average Bonchev–Trinajstić information content (AvgIpc) is 2.31. The van der Waals surface area contributed by atoms with Gasteiger partial charge in [0.2, 0.25) is 0 Å². The van der Waals surface area contributed by atoms with Crippen LogP contribution < -0.4 is 0 Å². The Labute approximate surface area is 76.0 Å². The predicted octanol–water partition coefficient (Wildman–Crippen LogP) is -0.132. The van der Waals surface area contributed by atoms with Gasteiger partial charge in [0, 0.05) is 6.54 Å². The largest absolute Gasteiger partial charge is 0.481 e. The molecular weight excluding hydrogens is 174 g/mol. The minimum atomic E-state index is -1.07. The van der Waals surface area contributed by atoms with Gasteiger partial charge in [-0.2, -0.15) is 0 Å². The van der Waals surface area contributed by atoms with Crippen LogP contribution in [0.1, 0.15) is 12.8 Å². The van der Waals surface area contributed by atoms with Crippen LogP contribution in [0.25, 0.3) is 0 Å². The number of rotatable bonds is 3. The van der Waals surface area contributed by atoms with Gasteiger partial charge < -0.3 is 15.1 Å². The lowest BCUT2D eigenvalue weighted by Crippen LogP contribution is -2.35. The van der Waals surface area contributed by atoms with Crippen LogP contribution in [-0.2, 0) is 9.59 Å². The predicted molar refractivity (Wildman–Crippen MR) is 44.4 cm³/mol. The Morgan fingerprint density at radius 1 is 1.46 bits per heavy atom. The molecule has 5 nitrogen and oxygen atoms in total. The van der Waals surface area contributed by atoms with Crippen molar-refractivity contribution >= 4 is 11.9 Å². The van der Waals surface area contributed by atoms with E-state index < -0.39 is 17.4 Å². The third kappa shape index (κ3) is 1.98. The van der Waals surface area contributed by atoms with E-state index in [0.717, 1.165) is 0 Å². The lowest BCUT2D eigenvalue weighted by Gasteiger charge is -2.21. The number of aliphatic carboxylic acids is 2. The van der Waals surface area contributed by atoms with Crippen molar-refractivity contribution in [3.8, 4) is 0 Å². The summed E-state index contributed by atoms with van der Waals surface area (Å²) in [5, 5.41) is 17.5. The maximum atomic E-state index is 10.9. The SMILES string of the molecule is CN1CC[C@@](CC(=O)O)(C(=O)O)C1. The molecule has 0 spiro atoms. The van der Waals surface area contributed by atoms with E-state index in [4.69, 9.17) is 10.2 Å². The van der Waals surface area contributed by atoms with Crippen molar-refractivity contribution in [2.45, 2.75) is 12.8 Å². The molecule has 1 aliphatic rings. The first kappa shape index (κ1) is 9.98. The highest BCUT2D eigenvalue weighted by molar-refractivity contribution is 5.82. The normalized spacial score (nSPS) is 29.0. The molecule has 1 saturated heterocycles. The van der Waals surface area contributed by atoms with Crippen molar-refractivity contribution in [1.29, 1.82) is 0 Å². The van der Waals surface area contributed by atoms with E-state index in [9.17, 15) is 9.59 Å². The van der Waals surface area contributed by atoms with E-state index in [0.29, 0.717) is 19.5 Å². The molecule has 1 rings (SSSR count). The van der Waals surface area contributed by atoms with Crippen molar-refractivity contribution in [2.75, 3.05) is 20.1 Å². The van der Waals surface area contributed by atoms with Crippen molar-refractivity contribution in [2.24, 2.45) is 5.41 Å². The summed E-state index contributed by atoms with van der Waals surface area (Å²) in [6.07, 6.45) is 0.137. The van der Waals surface area contributed by atoms with E-state index in [1.165, 1.54) is 0 Å². The summed E-state index contributed by atoms with van der Waals surface area (Å²) in [6.45, 7) is 0.980. The Hall–Kier alpha value is -1.10. The number of likely N-dealkylation sites (tertiary alicyclic amines) is 1. The molecule has 1 atom stereocenters. The van der Waals surface area contributed by atoms with Crippen molar-refractivity contribution < 1.29 is 19.8 Å². The fourth-order valence-electron chi connectivity index (χ4n) is 1.76. The Bertz CT molecular complexity index is 240. The highest BCUT2D eigenvalue weighted by Gasteiger charge is 2.45. The summed E-state index contributed by atoms with van der Waals surface area (Å²) in [7, 11) is 1.80. The first-order valence-electron chi connectivity index (χ1n) is 4.10. The first-order valence-corrected chi connectivity index (χ1v) is 4.10. The fraction of sp³-hybridized carbons (Fsp3) is 0.750. The number of hydrogen-bond donors (Lipinski definition) is 2. The second-order valence-electron chi connectivity index (χ2n) is 3.64. The lowest BCUT2D eigenvalue weighted by molar-refractivity contribution is -0.154. The van der Waals surface area contributed by atoms with Crippen molar-refractivity contribution in [3.63, 3.8) is 0 Å². The van der Waals surface area contributed by atoms with E-state index in [-0.39, 0.29) is 6.42 Å². The zero-order valence-electron chi connectivity index (χ0n) is 7.49. The Morgan fingerprint density at radius 2 is 2.08 bits per heavy atom. The molecule has 1 aliphatic heterocycles. The van der Waals surface area contributed by atoms with Crippen LogP contribution in [0.2, 0.25) is 0 Å². The molecule has 0 saturated carbocycles. The van der Waals surface area contributed by atoms with Gasteiger partial charge in [-0.05, 0) is 20.0 Å². The van der Waals surface area contributed by atoms with Crippen LogP contribution in [0.3, 0.4) is 0 Å². The van der Waals surface area contributed by atoms with Crippen molar-refractivity contribution in [3.05, 3.63) is 0 Å². The van der Waals surface area contributed by atoms with Gasteiger partial charge in [0.15, 0.2) is 0 Å². The minimum Gasteiger partial charge on any atom is -0.481 e. The fourth-order valence-corrected chi connectivity index (χ4v) is 1.76. The molecule has 0 amide bonds. The third-order valence-corrected chi connectivity index (χ3v) is 2.49. The Balaban J connectivity index is 2.77. The van der Waals surface area contributed by atoms with Crippen LogP contribution in [-0.4, -0.2) is 47.2 Å². The molecular formula is C8H13NO4. The van der Waals surface area contributed by atoms with Crippen LogP contribution in [0, 0.1) is 5.41 Å². The zero-order chi connectivity index (χ0) is 10.1. The van der Waals surface area contributed by atoms with Gasteiger partial charge in [0.1, 0.15) is 0 Å². The molecule has 5 heteroatoms. The summed E-state index contributed by atoms with van der Waals surface area (Å²) in [5.41, 5.74) is -1.07. The van der Waals surface area contributed by atoms with Crippen LogP contribution in [0.5, 0.6) is 0 Å². The molecule has 0 aliphatic carbocycles. The summed E-state index contributed by atoms with van der Waals surface area (Å²) >= 11 is 0. The van der Waals surface area contributed by atoms with Crippen LogP contribution in [0.15, 0.2) is 0 Å². The van der Waals surface area contributed by atoms with Gasteiger partial charge >= 0.3 is 11.9 Å². The molecule has 0 unspecified atom stereocenters. The zero-order valence-corrected chi connectivity index (χ0v) is 7.49. The lowest BCUT2D eigenvalue weighted by atomic mass is 9.84. The topological polar surface area (TPSA) is 77.8 Å². The number of hydrogen-bond acceptors (Lipinski definition) is 3. The van der Waals surface area contributed by atoms with Crippen LogP contribution >= 0.6 is 0 Å². The van der Waals surface area contributed by atoms with E-state index in [2.05, 4.69) is 0 Å². The molecule has 1 fully saturated rings. The highest BCUT2D eigenvalue weighted by atomic mass is 16.4. The molecule has 0 radical (unpaired) electrons. The van der Waals surface area contributed by atoms with Gasteiger partial charge in [0.25, 0.3) is 0 Å². The third-order valence-electron chi connectivity index (χ3n) is 2.49. The number of carboxylic acid groups (broad SMARTS) is 2. The summed E-state index contributed by atoms with van der Waals surface area (Å²) < 4.78 is 0. The Kier molecular flexibility index (Phi) is 2.56. The monoisotopic (exact) mass is 187 g/mol. The van der Waals surface area contributed by atoms with Gasteiger partial charge in [-0.25, -0.2) is 0 Å². The van der Waals surface area contributed by atoms with Crippen molar-refractivity contribution in [1.82, 2.24) is 4.90 Å². The van der Waals surface area contributed by atoms with Crippen LogP contribution in [0.4, 0.5) is 0 Å². The van der Waals surface area contributed by atoms with E-state index >= 15 is 0 Å². The molecule has 0 bridgehead atoms. The summed E-state index contributed by atoms with van der Waals surface area (Å²) in [5.74, 6) is -2.04. The maximum absolute atomic E-state index is 10.9. The standard InChI is InChI=1S/C8H13NO4/c1-9-3-2-8(5-9,7(12)13)4-6(10)11/h2-5H2,1H3,(H,10,11)(H,12,13)/t8-/m0/s1. The van der Waals surface area contributed by atoms with Gasteiger partial charge in [-0.1, -0.05) is 0 Å². The number of carbonyl (C=O) groups is 2. The number of carboxylic acids is 2. The quantitative estimate of drug-likeness (QED) is 0.643. The second kappa shape index (κ2) is 3.33. The van der Waals surface area contributed by atoms with Gasteiger partial charge in [-0.15, -0.1) is 0 Å². The average molecular weight is 187 g/mol. The Morgan fingerprint density at radius 3 is 2.38 bits per heavy atom. The highest BCUT2D eigenvalue weighted by Crippen LogP contribution is 2.33. The molecule has 0 aromatic carbocycles. The smallest absolute Gasteiger partial charge is 0.311 e.